The molecule has 1 aromatic rings. The molecule has 1 amide bonds. The van der Waals surface area contributed by atoms with Gasteiger partial charge >= 0.3 is 0 Å². The second-order valence-electron chi connectivity index (χ2n) is 7.24. The summed E-state index contributed by atoms with van der Waals surface area (Å²) in [6.07, 6.45) is 3.96. The van der Waals surface area contributed by atoms with E-state index in [1.165, 1.54) is 5.56 Å². The van der Waals surface area contributed by atoms with E-state index >= 15 is 0 Å². The summed E-state index contributed by atoms with van der Waals surface area (Å²) in [5, 5.41) is 13.4. The first-order valence-electron chi connectivity index (χ1n) is 8.54. The van der Waals surface area contributed by atoms with Gasteiger partial charge in [0.05, 0.1) is 5.60 Å². The van der Waals surface area contributed by atoms with Crippen LogP contribution in [0, 0.1) is 5.41 Å². The highest BCUT2D eigenvalue weighted by Gasteiger charge is 2.33. The molecular formula is C19H29NO3. The fourth-order valence-electron chi connectivity index (χ4n) is 2.90. The number of carbonyl (C=O) groups is 1. The van der Waals surface area contributed by atoms with E-state index in [4.69, 9.17) is 4.74 Å². The van der Waals surface area contributed by atoms with Crippen LogP contribution in [0.4, 0.5) is 0 Å². The van der Waals surface area contributed by atoms with Crippen molar-refractivity contribution in [3.8, 4) is 0 Å². The Balaban J connectivity index is 1.75. The summed E-state index contributed by atoms with van der Waals surface area (Å²) >= 11 is 0. The highest BCUT2D eigenvalue weighted by atomic mass is 16.5. The first-order chi connectivity index (χ1) is 10.9. The van der Waals surface area contributed by atoms with Gasteiger partial charge in [-0.3, -0.25) is 4.79 Å². The fraction of sp³-hybridized carbons (Fsp3) is 0.632. The van der Waals surface area contributed by atoms with E-state index in [-0.39, 0.29) is 5.91 Å². The Kier molecular flexibility index (Phi) is 6.19. The molecule has 4 heteroatoms. The van der Waals surface area contributed by atoms with Crippen LogP contribution < -0.4 is 5.32 Å². The standard InChI is InChI=1S/C19H29NO3/c1-18(2,10-6-9-16-7-4-3-5-8-16)17(21)20-15-19(22)11-13-23-14-12-19/h3-5,7-8,22H,6,9-15H2,1-2H3,(H,20,21). The summed E-state index contributed by atoms with van der Waals surface area (Å²) in [5.74, 6) is 0.0190. The third-order valence-electron chi connectivity index (χ3n) is 4.73. The number of aliphatic hydroxyl groups is 1. The van der Waals surface area contributed by atoms with Crippen molar-refractivity contribution in [2.24, 2.45) is 5.41 Å². The zero-order valence-corrected chi connectivity index (χ0v) is 14.3. The average molecular weight is 319 g/mol. The van der Waals surface area contributed by atoms with E-state index in [9.17, 15) is 9.90 Å². The maximum absolute atomic E-state index is 12.4. The molecule has 0 aliphatic carbocycles. The Hall–Kier alpha value is -1.39. The molecule has 0 spiro atoms. The van der Waals surface area contributed by atoms with Gasteiger partial charge in [0.2, 0.25) is 5.91 Å². The number of rotatable bonds is 7. The van der Waals surface area contributed by atoms with Crippen molar-refractivity contribution in [1.82, 2.24) is 5.32 Å². The molecule has 1 aliphatic heterocycles. The van der Waals surface area contributed by atoms with E-state index < -0.39 is 11.0 Å². The van der Waals surface area contributed by atoms with E-state index in [1.54, 1.807) is 0 Å². The van der Waals surface area contributed by atoms with E-state index in [2.05, 4.69) is 17.4 Å². The van der Waals surface area contributed by atoms with Crippen LogP contribution >= 0.6 is 0 Å². The molecule has 0 radical (unpaired) electrons. The van der Waals surface area contributed by atoms with Crippen LogP contribution in [-0.2, 0) is 16.0 Å². The van der Waals surface area contributed by atoms with Crippen LogP contribution in [0.15, 0.2) is 30.3 Å². The third kappa shape index (κ3) is 5.63. The SMILES string of the molecule is CC(C)(CCCc1ccccc1)C(=O)NCC1(O)CCOCC1. The summed E-state index contributed by atoms with van der Waals surface area (Å²) in [6, 6.07) is 10.3. The van der Waals surface area contributed by atoms with E-state index in [0.29, 0.717) is 32.6 Å². The second-order valence-corrected chi connectivity index (χ2v) is 7.24. The lowest BCUT2D eigenvalue weighted by molar-refractivity contribution is -0.132. The van der Waals surface area contributed by atoms with Gasteiger partial charge in [-0.25, -0.2) is 0 Å². The molecule has 0 saturated carbocycles. The quantitative estimate of drug-likeness (QED) is 0.812. The fourth-order valence-corrected chi connectivity index (χ4v) is 2.90. The van der Waals surface area contributed by atoms with Crippen LogP contribution in [0.25, 0.3) is 0 Å². The Labute approximate surface area is 139 Å². The van der Waals surface area contributed by atoms with Crippen LogP contribution in [0.3, 0.4) is 0 Å². The molecule has 2 N–H and O–H groups in total. The van der Waals surface area contributed by atoms with Gasteiger partial charge in [-0.15, -0.1) is 0 Å². The molecule has 23 heavy (non-hydrogen) atoms. The Morgan fingerprint density at radius 1 is 1.26 bits per heavy atom. The van der Waals surface area contributed by atoms with E-state index in [0.717, 1.165) is 19.3 Å². The van der Waals surface area contributed by atoms with Gasteiger partial charge in [-0.1, -0.05) is 44.2 Å². The van der Waals surface area contributed by atoms with Crippen molar-refractivity contribution in [2.45, 2.75) is 51.6 Å². The molecule has 1 aliphatic rings. The molecule has 0 unspecified atom stereocenters. The zero-order chi connectivity index (χ0) is 16.8. The number of aryl methyl sites for hydroxylation is 1. The molecule has 128 valence electrons. The van der Waals surface area contributed by atoms with Crippen LogP contribution in [0.5, 0.6) is 0 Å². The van der Waals surface area contributed by atoms with Crippen LogP contribution in [0.1, 0.15) is 45.1 Å². The van der Waals surface area contributed by atoms with Crippen molar-refractivity contribution in [3.05, 3.63) is 35.9 Å². The van der Waals surface area contributed by atoms with Crippen LogP contribution in [-0.4, -0.2) is 36.4 Å². The highest BCUT2D eigenvalue weighted by molar-refractivity contribution is 5.81. The molecular weight excluding hydrogens is 290 g/mol. The monoisotopic (exact) mass is 319 g/mol. The Bertz CT molecular complexity index is 493. The summed E-state index contributed by atoms with van der Waals surface area (Å²) in [4.78, 5) is 12.4. The molecule has 4 nitrogen and oxygen atoms in total. The number of benzene rings is 1. The van der Waals surface area contributed by atoms with Gasteiger partial charge in [0, 0.05) is 38.0 Å². The number of ether oxygens (including phenoxy) is 1. The average Bonchev–Trinajstić information content (AvgIpc) is 2.54. The smallest absolute Gasteiger partial charge is 0.225 e. The number of hydrogen-bond acceptors (Lipinski definition) is 3. The van der Waals surface area contributed by atoms with Crippen molar-refractivity contribution < 1.29 is 14.6 Å². The number of hydrogen-bond donors (Lipinski definition) is 2. The Morgan fingerprint density at radius 2 is 1.91 bits per heavy atom. The minimum Gasteiger partial charge on any atom is -0.388 e. The minimum atomic E-state index is -0.811. The first kappa shape index (κ1) is 18.0. The minimum absolute atomic E-state index is 0.0190. The maximum Gasteiger partial charge on any atom is 0.225 e. The van der Waals surface area contributed by atoms with Gasteiger partial charge in [0.25, 0.3) is 0 Å². The van der Waals surface area contributed by atoms with Gasteiger partial charge in [-0.05, 0) is 24.8 Å². The third-order valence-corrected chi connectivity index (χ3v) is 4.73. The van der Waals surface area contributed by atoms with Crippen molar-refractivity contribution in [2.75, 3.05) is 19.8 Å². The highest BCUT2D eigenvalue weighted by Crippen LogP contribution is 2.25. The first-order valence-corrected chi connectivity index (χ1v) is 8.54. The summed E-state index contributed by atoms with van der Waals surface area (Å²) < 4.78 is 5.26. The van der Waals surface area contributed by atoms with Gasteiger partial charge in [0.1, 0.15) is 0 Å². The number of amides is 1. The molecule has 0 aromatic heterocycles. The maximum atomic E-state index is 12.4. The van der Waals surface area contributed by atoms with Crippen molar-refractivity contribution in [1.29, 1.82) is 0 Å². The number of nitrogens with one attached hydrogen (secondary N) is 1. The van der Waals surface area contributed by atoms with Gasteiger partial charge in [0.15, 0.2) is 0 Å². The molecule has 0 atom stereocenters. The molecule has 2 rings (SSSR count). The lowest BCUT2D eigenvalue weighted by Crippen LogP contribution is -2.49. The van der Waals surface area contributed by atoms with Gasteiger partial charge < -0.3 is 15.2 Å². The summed E-state index contributed by atoms with van der Waals surface area (Å²) in [5.41, 5.74) is 0.0740. The predicted molar refractivity (Wildman–Crippen MR) is 91.2 cm³/mol. The van der Waals surface area contributed by atoms with Crippen molar-refractivity contribution >= 4 is 5.91 Å². The molecule has 1 aromatic carbocycles. The van der Waals surface area contributed by atoms with Crippen molar-refractivity contribution in [3.63, 3.8) is 0 Å². The normalized spacial score (nSPS) is 17.7. The molecule has 0 bridgehead atoms. The summed E-state index contributed by atoms with van der Waals surface area (Å²) in [6.45, 7) is 5.39. The summed E-state index contributed by atoms with van der Waals surface area (Å²) in [7, 11) is 0. The molecule has 1 heterocycles. The van der Waals surface area contributed by atoms with E-state index in [1.807, 2.05) is 32.0 Å². The Morgan fingerprint density at radius 3 is 2.57 bits per heavy atom. The molecule has 1 fully saturated rings. The van der Waals surface area contributed by atoms with Crippen LogP contribution in [0.2, 0.25) is 0 Å². The topological polar surface area (TPSA) is 58.6 Å². The predicted octanol–water partition coefficient (Wildman–Crippen LogP) is 2.69. The zero-order valence-electron chi connectivity index (χ0n) is 14.3. The lowest BCUT2D eigenvalue weighted by atomic mass is 9.85. The molecule has 1 saturated heterocycles. The largest absolute Gasteiger partial charge is 0.388 e. The lowest BCUT2D eigenvalue weighted by Gasteiger charge is -2.33. The second kappa shape index (κ2) is 7.93. The number of carbonyl (C=O) groups excluding carboxylic acids is 1. The van der Waals surface area contributed by atoms with Gasteiger partial charge in [-0.2, -0.15) is 0 Å².